The van der Waals surface area contributed by atoms with Crippen LogP contribution < -0.4 is 0 Å². The average Bonchev–Trinajstić information content (AvgIpc) is 1.61. The summed E-state index contributed by atoms with van der Waals surface area (Å²) in [5.74, 6) is 0.726. The van der Waals surface area contributed by atoms with Crippen molar-refractivity contribution in [3.8, 4) is 0 Å². The molecule has 0 rings (SSSR count). The first-order valence-corrected chi connectivity index (χ1v) is 2.17. The number of rotatable bonds is 2. The maximum absolute atomic E-state index is 9.67. The maximum atomic E-state index is 9.67. The fraction of sp³-hybridized carbons (Fsp3) is 0.250. The molecule has 0 aromatic heterocycles. The van der Waals surface area contributed by atoms with Crippen molar-refractivity contribution in [2.75, 3.05) is 0 Å². The van der Waals surface area contributed by atoms with Crippen molar-refractivity contribution < 1.29 is 9.90 Å². The van der Waals surface area contributed by atoms with E-state index in [1.165, 1.54) is 0 Å². The highest BCUT2D eigenvalue weighted by atomic mass is 16.4. The molecule has 3 heteroatoms. The summed E-state index contributed by atoms with van der Waals surface area (Å²) in [4.78, 5) is 9.67. The summed E-state index contributed by atoms with van der Waals surface area (Å²) in [6, 6.07) is 0. The number of aliphatic carboxylic acids is 1. The van der Waals surface area contributed by atoms with Crippen LogP contribution in [0.25, 0.3) is 0 Å². The van der Waals surface area contributed by atoms with Crippen LogP contribution in [-0.4, -0.2) is 18.4 Å². The van der Waals surface area contributed by atoms with Gasteiger partial charge in [0.2, 0.25) is 0 Å². The van der Waals surface area contributed by atoms with Gasteiger partial charge in [-0.3, -0.25) is 0 Å². The van der Waals surface area contributed by atoms with Gasteiger partial charge in [0.15, 0.2) is 0 Å². The fourth-order valence-electron chi connectivity index (χ4n) is 0.219. The van der Waals surface area contributed by atoms with E-state index >= 15 is 0 Å². The lowest BCUT2D eigenvalue weighted by molar-refractivity contribution is -0.131. The van der Waals surface area contributed by atoms with E-state index in [0.717, 1.165) is 13.4 Å². The molecular weight excluding hydrogens is 90.9 g/mol. The minimum atomic E-state index is -0.873. The molecule has 0 aromatic rings. The Hall–Kier alpha value is -0.725. The topological polar surface area (TPSA) is 37.3 Å². The lowest BCUT2D eigenvalue weighted by atomic mass is 9.83. The van der Waals surface area contributed by atoms with E-state index in [9.17, 15) is 4.79 Å². The van der Waals surface area contributed by atoms with Crippen LogP contribution in [0.15, 0.2) is 12.1 Å². The lowest BCUT2D eigenvalue weighted by Crippen LogP contribution is -1.86. The zero-order valence-corrected chi connectivity index (χ0v) is 4.22. The summed E-state index contributed by atoms with van der Waals surface area (Å²) in [7, 11) is 0.784. The highest BCUT2D eigenvalue weighted by molar-refractivity contribution is 6.40. The molecule has 0 heterocycles. The van der Waals surface area contributed by atoms with Crippen molar-refractivity contribution in [3.63, 3.8) is 0 Å². The van der Waals surface area contributed by atoms with Gasteiger partial charge >= 0.3 is 5.97 Å². The Bertz CT molecular complexity index is 87.7. The molecular formula is C4H7BO2. The van der Waals surface area contributed by atoms with Gasteiger partial charge in [0.25, 0.3) is 0 Å². The zero-order valence-electron chi connectivity index (χ0n) is 4.22. The van der Waals surface area contributed by atoms with Crippen molar-refractivity contribution in [2.45, 2.75) is 6.82 Å². The van der Waals surface area contributed by atoms with Gasteiger partial charge in [-0.15, -0.1) is 5.98 Å². The normalized spacial score (nSPS) is 9.29. The van der Waals surface area contributed by atoms with E-state index in [2.05, 4.69) is 0 Å². The van der Waals surface area contributed by atoms with Gasteiger partial charge in [-0.2, -0.15) is 0 Å². The van der Waals surface area contributed by atoms with E-state index in [0.29, 0.717) is 0 Å². The standard InChI is InChI=1S/C4H7BO2/c1-5-3-2-4(6)7/h2-3,5H,1H3,(H,6,7)/b3-2+. The Morgan fingerprint density at radius 3 is 2.57 bits per heavy atom. The molecule has 0 saturated heterocycles. The molecule has 0 amide bonds. The Labute approximate surface area is 43.1 Å². The predicted octanol–water partition coefficient (Wildman–Crippen LogP) is 0.0693. The summed E-state index contributed by atoms with van der Waals surface area (Å²) < 4.78 is 0. The van der Waals surface area contributed by atoms with Crippen molar-refractivity contribution in [2.24, 2.45) is 0 Å². The summed E-state index contributed by atoms with van der Waals surface area (Å²) in [5.41, 5.74) is 0. The average molecular weight is 97.9 g/mol. The van der Waals surface area contributed by atoms with Crippen LogP contribution in [0.2, 0.25) is 6.82 Å². The van der Waals surface area contributed by atoms with E-state index in [1.807, 2.05) is 6.82 Å². The van der Waals surface area contributed by atoms with Crippen LogP contribution in [0.3, 0.4) is 0 Å². The first-order chi connectivity index (χ1) is 3.27. The summed E-state index contributed by atoms with van der Waals surface area (Å²) in [6.07, 6.45) is 1.14. The van der Waals surface area contributed by atoms with Gasteiger partial charge < -0.3 is 5.11 Å². The van der Waals surface area contributed by atoms with Gasteiger partial charge in [-0.05, 0) is 0 Å². The van der Waals surface area contributed by atoms with Crippen LogP contribution in [0, 0.1) is 0 Å². The molecule has 0 aromatic carbocycles. The molecule has 0 spiro atoms. The quantitative estimate of drug-likeness (QED) is 0.392. The fourth-order valence-corrected chi connectivity index (χ4v) is 0.219. The zero-order chi connectivity index (χ0) is 5.70. The molecule has 0 saturated carbocycles. The minimum Gasteiger partial charge on any atom is -0.478 e. The largest absolute Gasteiger partial charge is 0.478 e. The third-order valence-electron chi connectivity index (χ3n) is 0.496. The van der Waals surface area contributed by atoms with Crippen LogP contribution in [0.5, 0.6) is 0 Å². The Balaban J connectivity index is 3.26. The Morgan fingerprint density at radius 2 is 2.43 bits per heavy atom. The molecule has 38 valence electrons. The van der Waals surface area contributed by atoms with Gasteiger partial charge in [0.1, 0.15) is 7.28 Å². The van der Waals surface area contributed by atoms with Gasteiger partial charge in [0.05, 0.1) is 0 Å². The molecule has 7 heavy (non-hydrogen) atoms. The monoisotopic (exact) mass is 98.1 g/mol. The molecule has 1 N–H and O–H groups in total. The molecule has 0 aliphatic carbocycles. The maximum Gasteiger partial charge on any atom is 0.327 e. The molecule has 2 nitrogen and oxygen atoms in total. The van der Waals surface area contributed by atoms with Crippen LogP contribution in [0.1, 0.15) is 0 Å². The number of carboxylic acid groups (broad SMARTS) is 1. The predicted molar refractivity (Wildman–Crippen MR) is 29.8 cm³/mol. The molecule has 0 unspecified atom stereocenters. The number of carboxylic acids is 1. The molecule has 0 radical (unpaired) electrons. The van der Waals surface area contributed by atoms with Gasteiger partial charge in [-0.1, -0.05) is 6.82 Å². The van der Waals surface area contributed by atoms with E-state index in [-0.39, 0.29) is 0 Å². The molecule has 0 bridgehead atoms. The van der Waals surface area contributed by atoms with E-state index in [4.69, 9.17) is 5.11 Å². The second-order valence-electron chi connectivity index (χ2n) is 1.15. The molecule has 0 atom stereocenters. The highest BCUT2D eigenvalue weighted by Crippen LogP contribution is 1.67. The Morgan fingerprint density at radius 1 is 1.86 bits per heavy atom. The van der Waals surface area contributed by atoms with Crippen molar-refractivity contribution in [3.05, 3.63) is 12.1 Å². The second kappa shape index (κ2) is 3.46. The number of hydrogen-bond donors (Lipinski definition) is 1. The molecule has 0 aliphatic heterocycles. The van der Waals surface area contributed by atoms with Crippen LogP contribution in [0.4, 0.5) is 0 Å². The van der Waals surface area contributed by atoms with Crippen molar-refractivity contribution >= 4 is 13.2 Å². The number of hydrogen-bond acceptors (Lipinski definition) is 1. The molecule has 0 aliphatic rings. The van der Waals surface area contributed by atoms with Crippen LogP contribution >= 0.6 is 0 Å². The third-order valence-corrected chi connectivity index (χ3v) is 0.496. The molecule has 0 fully saturated rings. The van der Waals surface area contributed by atoms with Gasteiger partial charge in [-0.25, -0.2) is 4.79 Å². The third kappa shape index (κ3) is 5.27. The van der Waals surface area contributed by atoms with Crippen LogP contribution in [-0.2, 0) is 4.79 Å². The SMILES string of the molecule is CB/C=C/C(=O)O. The Kier molecular flexibility index (Phi) is 3.11. The minimum absolute atomic E-state index is 0.784. The van der Waals surface area contributed by atoms with Crippen molar-refractivity contribution in [1.82, 2.24) is 0 Å². The summed E-state index contributed by atoms with van der Waals surface area (Å²) >= 11 is 0. The highest BCUT2D eigenvalue weighted by Gasteiger charge is 1.79. The van der Waals surface area contributed by atoms with E-state index < -0.39 is 5.97 Å². The number of carbonyl (C=O) groups is 1. The van der Waals surface area contributed by atoms with Gasteiger partial charge in [0, 0.05) is 6.08 Å². The lowest BCUT2D eigenvalue weighted by Gasteiger charge is -1.72. The smallest absolute Gasteiger partial charge is 0.327 e. The first-order valence-electron chi connectivity index (χ1n) is 2.17. The second-order valence-corrected chi connectivity index (χ2v) is 1.15. The first kappa shape index (κ1) is 6.27. The van der Waals surface area contributed by atoms with Crippen molar-refractivity contribution in [1.29, 1.82) is 0 Å². The van der Waals surface area contributed by atoms with E-state index in [1.54, 1.807) is 5.98 Å². The summed E-state index contributed by atoms with van der Waals surface area (Å²) in [6.45, 7) is 1.89. The summed E-state index contributed by atoms with van der Waals surface area (Å²) in [5, 5.41) is 7.96.